The molecule has 1 fully saturated rings. The Morgan fingerprint density at radius 1 is 1.07 bits per heavy atom. The number of amides is 2. The van der Waals surface area contributed by atoms with Crippen molar-refractivity contribution in [2.75, 3.05) is 18.8 Å². The molecule has 0 aliphatic carbocycles. The van der Waals surface area contributed by atoms with Gasteiger partial charge >= 0.3 is 0 Å². The third-order valence-corrected chi connectivity index (χ3v) is 4.64. The molecule has 144 valence electrons. The lowest BCUT2D eigenvalue weighted by Crippen LogP contribution is -2.47. The fraction of sp³-hybridized carbons (Fsp3) is 0.300. The number of benzene rings is 2. The normalized spacial score (nSPS) is 14.3. The van der Waals surface area contributed by atoms with Crippen LogP contribution >= 0.6 is 12.4 Å². The number of carbonyl (C=O) groups is 2. The minimum Gasteiger partial charge on any atom is -0.399 e. The number of hydrogen-bond acceptors (Lipinski definition) is 3. The highest BCUT2D eigenvalue weighted by atomic mass is 35.5. The summed E-state index contributed by atoms with van der Waals surface area (Å²) < 4.78 is 13.7. The van der Waals surface area contributed by atoms with Crippen molar-refractivity contribution < 1.29 is 14.0 Å². The van der Waals surface area contributed by atoms with Crippen LogP contribution in [0.1, 0.15) is 28.8 Å². The molecule has 7 heteroatoms. The van der Waals surface area contributed by atoms with Gasteiger partial charge < -0.3 is 16.0 Å². The Bertz CT molecular complexity index is 790. The van der Waals surface area contributed by atoms with Gasteiger partial charge in [0.1, 0.15) is 5.82 Å². The third-order valence-electron chi connectivity index (χ3n) is 4.64. The molecule has 1 aliphatic rings. The maximum absolute atomic E-state index is 13.7. The van der Waals surface area contributed by atoms with Crippen LogP contribution in [0.4, 0.5) is 10.1 Å². The van der Waals surface area contributed by atoms with Crippen LogP contribution in [0.25, 0.3) is 0 Å². The number of nitrogens with one attached hydrogen (secondary N) is 1. The molecule has 0 saturated carbocycles. The molecule has 3 N–H and O–H groups in total. The molecule has 3 rings (SSSR count). The van der Waals surface area contributed by atoms with E-state index < -0.39 is 11.7 Å². The third kappa shape index (κ3) is 5.44. The Balaban J connectivity index is 0.00000261. The molecular weight excluding hydrogens is 369 g/mol. The van der Waals surface area contributed by atoms with Crippen molar-refractivity contribution in [3.8, 4) is 0 Å². The van der Waals surface area contributed by atoms with Gasteiger partial charge in [-0.05, 0) is 42.7 Å². The second-order valence-electron chi connectivity index (χ2n) is 6.53. The van der Waals surface area contributed by atoms with E-state index in [9.17, 15) is 14.0 Å². The SMILES string of the molecule is Cl.Nc1ccc(CC(=O)N2CCC(NC(=O)c3ccccc3F)CC2)cc1. The topological polar surface area (TPSA) is 75.4 Å². The number of halogens is 2. The van der Waals surface area contributed by atoms with E-state index in [1.54, 1.807) is 24.3 Å². The molecule has 5 nitrogen and oxygen atoms in total. The van der Waals surface area contributed by atoms with Gasteiger partial charge in [-0.2, -0.15) is 0 Å². The summed E-state index contributed by atoms with van der Waals surface area (Å²) in [4.78, 5) is 26.4. The summed E-state index contributed by atoms with van der Waals surface area (Å²) in [6.07, 6.45) is 1.66. The average molecular weight is 392 g/mol. The van der Waals surface area contributed by atoms with Crippen LogP contribution in [0.3, 0.4) is 0 Å². The first-order valence-corrected chi connectivity index (χ1v) is 8.70. The van der Waals surface area contributed by atoms with Crippen molar-refractivity contribution in [3.63, 3.8) is 0 Å². The second kappa shape index (κ2) is 9.37. The molecule has 0 spiro atoms. The minimum absolute atomic E-state index is 0. The van der Waals surface area contributed by atoms with Gasteiger partial charge in [0.15, 0.2) is 0 Å². The highest BCUT2D eigenvalue weighted by Gasteiger charge is 2.24. The smallest absolute Gasteiger partial charge is 0.254 e. The number of rotatable bonds is 4. The van der Waals surface area contributed by atoms with Crippen molar-refractivity contribution in [2.45, 2.75) is 25.3 Å². The van der Waals surface area contributed by atoms with E-state index >= 15 is 0 Å². The number of hydrogen-bond donors (Lipinski definition) is 2. The van der Waals surface area contributed by atoms with Crippen LogP contribution in [0.15, 0.2) is 48.5 Å². The van der Waals surface area contributed by atoms with Crippen molar-refractivity contribution in [3.05, 3.63) is 65.5 Å². The van der Waals surface area contributed by atoms with Crippen molar-refractivity contribution in [2.24, 2.45) is 0 Å². The zero-order valence-electron chi connectivity index (χ0n) is 14.9. The number of carbonyl (C=O) groups excluding carboxylic acids is 2. The van der Waals surface area contributed by atoms with Gasteiger partial charge in [0.25, 0.3) is 5.91 Å². The largest absolute Gasteiger partial charge is 0.399 e. The Kier molecular flexibility index (Phi) is 7.19. The molecule has 1 aliphatic heterocycles. The van der Waals surface area contributed by atoms with E-state index in [-0.39, 0.29) is 29.9 Å². The van der Waals surface area contributed by atoms with Crippen molar-refractivity contribution >= 4 is 29.9 Å². The molecule has 0 unspecified atom stereocenters. The van der Waals surface area contributed by atoms with E-state index in [0.717, 1.165) is 5.56 Å². The number of nitrogens with zero attached hydrogens (tertiary/aromatic N) is 1. The Labute approximate surface area is 164 Å². The lowest BCUT2D eigenvalue weighted by Gasteiger charge is -2.32. The minimum atomic E-state index is -0.527. The first kappa shape index (κ1) is 20.7. The van der Waals surface area contributed by atoms with Crippen LogP contribution < -0.4 is 11.1 Å². The summed E-state index contributed by atoms with van der Waals surface area (Å²) in [6, 6.07) is 13.2. The van der Waals surface area contributed by atoms with Crippen LogP contribution in [-0.2, 0) is 11.2 Å². The molecule has 27 heavy (non-hydrogen) atoms. The van der Waals surface area contributed by atoms with Gasteiger partial charge in [0, 0.05) is 24.8 Å². The second-order valence-corrected chi connectivity index (χ2v) is 6.53. The van der Waals surface area contributed by atoms with Gasteiger partial charge in [-0.3, -0.25) is 9.59 Å². The number of piperidine rings is 1. The fourth-order valence-corrected chi connectivity index (χ4v) is 3.10. The lowest BCUT2D eigenvalue weighted by molar-refractivity contribution is -0.131. The number of likely N-dealkylation sites (tertiary alicyclic amines) is 1. The van der Waals surface area contributed by atoms with Crippen LogP contribution in [-0.4, -0.2) is 35.8 Å². The van der Waals surface area contributed by atoms with Gasteiger partial charge in [-0.1, -0.05) is 24.3 Å². The Hall–Kier alpha value is -2.60. The van der Waals surface area contributed by atoms with E-state index in [1.165, 1.54) is 12.1 Å². The molecular formula is C20H23ClFN3O2. The predicted octanol–water partition coefficient (Wildman–Crippen LogP) is 2.79. The summed E-state index contributed by atoms with van der Waals surface area (Å²) in [6.45, 7) is 1.16. The lowest BCUT2D eigenvalue weighted by atomic mass is 10.0. The zero-order valence-corrected chi connectivity index (χ0v) is 15.7. The standard InChI is InChI=1S/C20H22FN3O2.ClH/c21-18-4-2-1-3-17(18)20(26)23-16-9-11-24(12-10-16)19(25)13-14-5-7-15(22)8-6-14;/h1-8,16H,9-13,22H2,(H,23,26);1H. The van der Waals surface area contributed by atoms with E-state index in [0.29, 0.717) is 38.0 Å². The quantitative estimate of drug-likeness (QED) is 0.787. The molecule has 2 aromatic rings. The monoisotopic (exact) mass is 391 g/mol. The maximum Gasteiger partial charge on any atom is 0.254 e. The van der Waals surface area contributed by atoms with E-state index in [1.807, 2.05) is 17.0 Å². The first-order valence-electron chi connectivity index (χ1n) is 8.70. The van der Waals surface area contributed by atoms with Crippen LogP contribution in [0.5, 0.6) is 0 Å². The molecule has 0 atom stereocenters. The fourth-order valence-electron chi connectivity index (χ4n) is 3.10. The molecule has 0 aromatic heterocycles. The summed E-state index contributed by atoms with van der Waals surface area (Å²) >= 11 is 0. The Morgan fingerprint density at radius 2 is 1.70 bits per heavy atom. The molecule has 1 saturated heterocycles. The van der Waals surface area contributed by atoms with Gasteiger partial charge in [0.05, 0.1) is 12.0 Å². The van der Waals surface area contributed by atoms with Gasteiger partial charge in [0.2, 0.25) is 5.91 Å². The summed E-state index contributed by atoms with van der Waals surface area (Å²) in [5, 5.41) is 2.86. The van der Waals surface area contributed by atoms with E-state index in [4.69, 9.17) is 5.73 Å². The molecule has 0 bridgehead atoms. The highest BCUT2D eigenvalue weighted by Crippen LogP contribution is 2.15. The molecule has 2 amide bonds. The van der Waals surface area contributed by atoms with E-state index in [2.05, 4.69) is 5.32 Å². The van der Waals surface area contributed by atoms with Crippen LogP contribution in [0, 0.1) is 5.82 Å². The molecule has 0 radical (unpaired) electrons. The zero-order chi connectivity index (χ0) is 18.5. The Morgan fingerprint density at radius 3 is 2.33 bits per heavy atom. The first-order chi connectivity index (χ1) is 12.5. The predicted molar refractivity (Wildman–Crippen MR) is 105 cm³/mol. The summed E-state index contributed by atoms with van der Waals surface area (Å²) in [5.74, 6) is -0.871. The maximum atomic E-state index is 13.7. The molecule has 2 aromatic carbocycles. The summed E-state index contributed by atoms with van der Waals surface area (Å²) in [7, 11) is 0. The van der Waals surface area contributed by atoms with Crippen molar-refractivity contribution in [1.29, 1.82) is 0 Å². The highest BCUT2D eigenvalue weighted by molar-refractivity contribution is 5.94. The number of nitrogens with two attached hydrogens (primary N) is 1. The molecule has 1 heterocycles. The number of anilines is 1. The average Bonchev–Trinajstić information content (AvgIpc) is 2.64. The summed E-state index contributed by atoms with van der Waals surface area (Å²) in [5.41, 5.74) is 7.31. The number of nitrogen functional groups attached to an aromatic ring is 1. The van der Waals surface area contributed by atoms with Crippen LogP contribution in [0.2, 0.25) is 0 Å². The van der Waals surface area contributed by atoms with Gasteiger partial charge in [-0.15, -0.1) is 12.4 Å². The van der Waals surface area contributed by atoms with Crippen molar-refractivity contribution in [1.82, 2.24) is 10.2 Å². The van der Waals surface area contributed by atoms with Gasteiger partial charge in [-0.25, -0.2) is 4.39 Å².